The molecule has 0 heterocycles. The van der Waals surface area contributed by atoms with E-state index in [0.29, 0.717) is 10.8 Å². The van der Waals surface area contributed by atoms with Crippen LogP contribution < -0.4 is 0 Å². The van der Waals surface area contributed by atoms with Gasteiger partial charge in [-0.15, -0.1) is 0 Å². The van der Waals surface area contributed by atoms with E-state index in [1.165, 1.54) is 89.9 Å². The van der Waals surface area contributed by atoms with Crippen LogP contribution >= 0.6 is 0 Å². The van der Waals surface area contributed by atoms with E-state index in [1.54, 1.807) is 0 Å². The lowest BCUT2D eigenvalue weighted by Gasteiger charge is -2.58. The molecule has 0 aliphatic heterocycles. The Morgan fingerprint density at radius 2 is 1.71 bits per heavy atom. The van der Waals surface area contributed by atoms with Gasteiger partial charge in [0.25, 0.3) is 0 Å². The summed E-state index contributed by atoms with van der Waals surface area (Å²) in [6, 6.07) is 0. The van der Waals surface area contributed by atoms with Crippen LogP contribution in [0.4, 0.5) is 0 Å². The van der Waals surface area contributed by atoms with Crippen LogP contribution in [0, 0.1) is 58.2 Å². The minimum atomic E-state index is 0.528. The third kappa shape index (κ3) is 5.67. The van der Waals surface area contributed by atoms with Crippen molar-refractivity contribution >= 4 is 0 Å². The van der Waals surface area contributed by atoms with Crippen LogP contribution in [0.25, 0.3) is 0 Å². The summed E-state index contributed by atoms with van der Waals surface area (Å²) in [4.78, 5) is 0. The Morgan fingerprint density at radius 3 is 2.46 bits per heavy atom. The van der Waals surface area contributed by atoms with Gasteiger partial charge in [-0.05, 0) is 123 Å². The monoisotopic (exact) mass is 480 g/mol. The average molecular weight is 481 g/mol. The van der Waals surface area contributed by atoms with E-state index < -0.39 is 0 Å². The highest BCUT2D eigenvalue weighted by atomic mass is 14.6. The molecule has 0 aromatic carbocycles. The number of hydrogen-bond acceptors (Lipinski definition) is 0. The number of allylic oxidation sites excluding steroid dienone is 4. The lowest BCUT2D eigenvalue weighted by Crippen LogP contribution is -2.50. The highest BCUT2D eigenvalue weighted by Crippen LogP contribution is 2.67. The average Bonchev–Trinajstić information content (AvgIpc) is 3.16. The normalized spacial score (nSPS) is 40.8. The summed E-state index contributed by atoms with van der Waals surface area (Å²) in [5, 5.41) is 0. The Balaban J connectivity index is 1.38. The number of rotatable bonds is 10. The van der Waals surface area contributed by atoms with Crippen LogP contribution in [-0.4, -0.2) is 0 Å². The maximum atomic E-state index is 2.81. The maximum absolute atomic E-state index is 2.81. The molecule has 9 atom stereocenters. The maximum Gasteiger partial charge on any atom is -0.00851 e. The fraction of sp³-hybridized carbons (Fsp3) is 0.886. The van der Waals surface area contributed by atoms with Gasteiger partial charge in [0.05, 0.1) is 0 Å². The summed E-state index contributed by atoms with van der Waals surface area (Å²) in [6.45, 7) is 17.4. The van der Waals surface area contributed by atoms with Crippen molar-refractivity contribution in [2.75, 3.05) is 0 Å². The van der Waals surface area contributed by atoms with Crippen LogP contribution in [0.15, 0.2) is 23.8 Å². The third-order valence-corrected chi connectivity index (χ3v) is 12.2. The van der Waals surface area contributed by atoms with E-state index in [0.717, 1.165) is 47.3 Å². The van der Waals surface area contributed by atoms with Gasteiger partial charge in [-0.2, -0.15) is 0 Å². The first-order chi connectivity index (χ1) is 16.7. The molecule has 3 saturated carbocycles. The molecule has 0 bridgehead atoms. The molecule has 35 heavy (non-hydrogen) atoms. The van der Waals surface area contributed by atoms with Gasteiger partial charge < -0.3 is 0 Å². The Morgan fingerprint density at radius 1 is 0.914 bits per heavy atom. The quantitative estimate of drug-likeness (QED) is 0.273. The highest BCUT2D eigenvalue weighted by molar-refractivity contribution is 5.25. The SMILES string of the molecule is C/C=C\C(C)CCCC1CCC2(C)C(=CCC3C2CCC2(C)C(C(C)CCCC(C)C)CCC32)C1. The van der Waals surface area contributed by atoms with Crippen LogP contribution in [0.3, 0.4) is 0 Å². The van der Waals surface area contributed by atoms with Crippen molar-refractivity contribution < 1.29 is 0 Å². The van der Waals surface area contributed by atoms with Crippen LogP contribution in [0.5, 0.6) is 0 Å². The molecule has 0 spiro atoms. The molecule has 9 unspecified atom stereocenters. The van der Waals surface area contributed by atoms with Gasteiger partial charge in [0.15, 0.2) is 0 Å². The second kappa shape index (κ2) is 11.5. The zero-order valence-electron chi connectivity index (χ0n) is 24.8. The number of hydrogen-bond donors (Lipinski definition) is 0. The molecule has 0 saturated heterocycles. The molecule has 4 rings (SSSR count). The van der Waals surface area contributed by atoms with Crippen molar-refractivity contribution in [3.63, 3.8) is 0 Å². The summed E-state index contributed by atoms with van der Waals surface area (Å²) in [6.07, 6.45) is 27.9. The molecular formula is C35H60. The van der Waals surface area contributed by atoms with Gasteiger partial charge in [-0.1, -0.05) is 97.4 Å². The van der Waals surface area contributed by atoms with Crippen LogP contribution in [0.2, 0.25) is 0 Å². The molecule has 0 heteroatoms. The zero-order chi connectivity index (χ0) is 25.2. The van der Waals surface area contributed by atoms with Gasteiger partial charge in [0.1, 0.15) is 0 Å². The van der Waals surface area contributed by atoms with Crippen molar-refractivity contribution in [1.82, 2.24) is 0 Å². The molecule has 0 radical (unpaired) electrons. The first-order valence-electron chi connectivity index (χ1n) is 16.0. The van der Waals surface area contributed by atoms with Gasteiger partial charge in [0, 0.05) is 0 Å². The summed E-state index contributed by atoms with van der Waals surface area (Å²) < 4.78 is 0. The molecule has 3 fully saturated rings. The van der Waals surface area contributed by atoms with E-state index in [2.05, 4.69) is 66.7 Å². The Hall–Kier alpha value is -0.520. The third-order valence-electron chi connectivity index (χ3n) is 12.2. The fourth-order valence-corrected chi connectivity index (χ4v) is 10.2. The predicted molar refractivity (Wildman–Crippen MR) is 154 cm³/mol. The van der Waals surface area contributed by atoms with Gasteiger partial charge in [-0.3, -0.25) is 0 Å². The van der Waals surface area contributed by atoms with Crippen LogP contribution in [-0.2, 0) is 0 Å². The topological polar surface area (TPSA) is 0 Å². The van der Waals surface area contributed by atoms with E-state index in [4.69, 9.17) is 0 Å². The van der Waals surface area contributed by atoms with E-state index in [9.17, 15) is 0 Å². The largest absolute Gasteiger partial charge is 0.0914 e. The summed E-state index contributed by atoms with van der Waals surface area (Å²) in [5.74, 6) is 7.45. The fourth-order valence-electron chi connectivity index (χ4n) is 10.2. The molecule has 0 N–H and O–H groups in total. The van der Waals surface area contributed by atoms with Crippen molar-refractivity contribution in [3.05, 3.63) is 23.8 Å². The van der Waals surface area contributed by atoms with E-state index in [1.807, 2.05) is 5.57 Å². The molecule has 0 aromatic rings. The van der Waals surface area contributed by atoms with Crippen molar-refractivity contribution in [3.8, 4) is 0 Å². The lowest BCUT2D eigenvalue weighted by atomic mass is 9.46. The predicted octanol–water partition coefficient (Wildman–Crippen LogP) is 11.0. The van der Waals surface area contributed by atoms with Gasteiger partial charge >= 0.3 is 0 Å². The smallest absolute Gasteiger partial charge is 0.00851 e. The second-order valence-electron chi connectivity index (χ2n) is 14.8. The van der Waals surface area contributed by atoms with Crippen molar-refractivity contribution in [2.45, 2.75) is 138 Å². The molecule has 200 valence electrons. The molecule has 0 nitrogen and oxygen atoms in total. The molecule has 0 aromatic heterocycles. The minimum absolute atomic E-state index is 0.528. The highest BCUT2D eigenvalue weighted by Gasteiger charge is 2.59. The van der Waals surface area contributed by atoms with Gasteiger partial charge in [0.2, 0.25) is 0 Å². The Labute approximate surface area is 220 Å². The van der Waals surface area contributed by atoms with Crippen molar-refractivity contribution in [1.29, 1.82) is 0 Å². The summed E-state index contributed by atoms with van der Waals surface area (Å²) >= 11 is 0. The molecule has 0 amide bonds. The summed E-state index contributed by atoms with van der Waals surface area (Å²) in [5.41, 5.74) is 3.05. The van der Waals surface area contributed by atoms with E-state index >= 15 is 0 Å². The van der Waals surface area contributed by atoms with Crippen molar-refractivity contribution in [2.24, 2.45) is 58.2 Å². The standard InChI is InChI=1S/C35H60/c1-8-11-26(4)13-10-15-28-20-22-34(6)29(24-28)16-17-30-32-19-18-31(27(5)14-9-12-25(2)3)35(32,7)23-21-33(30)34/h8,11,16,25-28,30-33H,9-10,12-15,17-24H2,1-7H3/b11-8-. The molecule has 4 aliphatic carbocycles. The Bertz CT molecular complexity index is 741. The lowest BCUT2D eigenvalue weighted by molar-refractivity contribution is -0.0529. The van der Waals surface area contributed by atoms with Crippen LogP contribution in [0.1, 0.15) is 138 Å². The minimum Gasteiger partial charge on any atom is -0.0914 e. The number of fused-ring (bicyclic) bond motifs is 5. The zero-order valence-corrected chi connectivity index (χ0v) is 24.8. The first kappa shape index (κ1) is 27.5. The second-order valence-corrected chi connectivity index (χ2v) is 14.8. The first-order valence-corrected chi connectivity index (χ1v) is 16.0. The summed E-state index contributed by atoms with van der Waals surface area (Å²) in [7, 11) is 0. The molecule has 4 aliphatic rings. The van der Waals surface area contributed by atoms with E-state index in [-0.39, 0.29) is 0 Å². The van der Waals surface area contributed by atoms with Gasteiger partial charge in [-0.25, -0.2) is 0 Å². The Kier molecular flexibility index (Phi) is 9.02. The molecular weight excluding hydrogens is 420 g/mol.